The van der Waals surface area contributed by atoms with Gasteiger partial charge >= 0.3 is 5.51 Å². The maximum Gasteiger partial charge on any atom is 0.446 e. The summed E-state index contributed by atoms with van der Waals surface area (Å²) in [6, 6.07) is 15.6. The minimum Gasteiger partial charge on any atom is -0.382 e. The molecule has 2 aromatic rings. The maximum absolute atomic E-state index is 12.8. The van der Waals surface area contributed by atoms with E-state index in [0.717, 1.165) is 51.0 Å². The molecule has 2 N–H and O–H groups in total. The lowest BCUT2D eigenvalue weighted by Gasteiger charge is -2.35. The first-order chi connectivity index (χ1) is 17.2. The average Bonchev–Trinajstić information content (AvgIpc) is 2.86. The van der Waals surface area contributed by atoms with Crippen LogP contribution in [0.1, 0.15) is 37.7 Å². The molecule has 36 heavy (non-hydrogen) atoms. The number of amides is 1. The van der Waals surface area contributed by atoms with Crippen LogP contribution in [0.3, 0.4) is 0 Å². The minimum absolute atomic E-state index is 0.104. The first-order valence-electron chi connectivity index (χ1n) is 12.7. The summed E-state index contributed by atoms with van der Waals surface area (Å²) in [5.74, 6) is 0.210. The summed E-state index contributed by atoms with van der Waals surface area (Å²) in [5, 5.41) is 7.02. The number of benzene rings is 2. The molecule has 0 radical (unpaired) electrons. The van der Waals surface area contributed by atoms with Gasteiger partial charge in [-0.3, -0.25) is 4.79 Å². The topological polar surface area (TPSA) is 47.6 Å². The van der Waals surface area contributed by atoms with E-state index in [4.69, 9.17) is 0 Å². The van der Waals surface area contributed by atoms with Crippen molar-refractivity contribution in [3.8, 4) is 0 Å². The number of hydrogen-bond acceptors (Lipinski definition) is 5. The van der Waals surface area contributed by atoms with Gasteiger partial charge in [0.2, 0.25) is 5.91 Å². The molecule has 2 aliphatic heterocycles. The van der Waals surface area contributed by atoms with Gasteiger partial charge in [0.25, 0.3) is 0 Å². The van der Waals surface area contributed by atoms with Crippen LogP contribution in [-0.2, 0) is 4.79 Å². The fourth-order valence-corrected chi connectivity index (χ4v) is 5.40. The Labute approximate surface area is 215 Å². The largest absolute Gasteiger partial charge is 0.446 e. The Morgan fingerprint density at radius 2 is 1.36 bits per heavy atom. The van der Waals surface area contributed by atoms with Gasteiger partial charge in [0.15, 0.2) is 0 Å². The number of aryl methyl sites for hydroxylation is 1. The lowest BCUT2D eigenvalue weighted by atomic mass is 10.0. The zero-order valence-electron chi connectivity index (χ0n) is 20.7. The number of anilines is 2. The highest BCUT2D eigenvalue weighted by Gasteiger charge is 2.29. The molecular formula is C27H35F3N4OS. The Morgan fingerprint density at radius 3 is 1.89 bits per heavy atom. The van der Waals surface area contributed by atoms with Crippen LogP contribution in [0, 0.1) is 6.92 Å². The fourth-order valence-electron chi connectivity index (χ4n) is 4.86. The number of nitrogens with one attached hydrogen (secondary N) is 2. The number of nitrogens with zero attached hydrogens (tertiary/aromatic N) is 2. The number of halogens is 3. The Balaban J connectivity index is 1.12. The van der Waals surface area contributed by atoms with E-state index >= 15 is 0 Å². The monoisotopic (exact) mass is 520 g/mol. The van der Waals surface area contributed by atoms with E-state index in [1.54, 1.807) is 12.1 Å². The van der Waals surface area contributed by atoms with Gasteiger partial charge in [-0.05, 0) is 80.8 Å². The second-order valence-corrected chi connectivity index (χ2v) is 10.9. The van der Waals surface area contributed by atoms with Gasteiger partial charge in [-0.1, -0.05) is 17.7 Å². The highest BCUT2D eigenvalue weighted by Crippen LogP contribution is 2.37. The summed E-state index contributed by atoms with van der Waals surface area (Å²) >= 11 is -0.104. The predicted molar refractivity (Wildman–Crippen MR) is 140 cm³/mol. The second-order valence-electron chi connectivity index (χ2n) is 9.75. The summed E-state index contributed by atoms with van der Waals surface area (Å²) in [4.78, 5) is 17.3. The molecule has 1 amide bonds. The van der Waals surface area contributed by atoms with Gasteiger partial charge in [0, 0.05) is 67.5 Å². The predicted octanol–water partition coefficient (Wildman–Crippen LogP) is 5.98. The molecule has 0 saturated carbocycles. The number of hydrogen-bond donors (Lipinski definition) is 2. The normalized spacial score (nSPS) is 18.3. The zero-order valence-corrected chi connectivity index (χ0v) is 21.5. The molecule has 0 aromatic heterocycles. The number of piperidine rings is 2. The summed E-state index contributed by atoms with van der Waals surface area (Å²) in [6.45, 7) is 6.32. The van der Waals surface area contributed by atoms with Crippen LogP contribution in [0.25, 0.3) is 0 Å². The quantitative estimate of drug-likeness (QED) is 0.420. The fraction of sp³-hybridized carbons (Fsp3) is 0.519. The van der Waals surface area contributed by atoms with Crippen molar-refractivity contribution in [3.05, 3.63) is 54.1 Å². The van der Waals surface area contributed by atoms with Crippen molar-refractivity contribution in [1.82, 2.24) is 9.80 Å². The number of carbonyl (C=O) groups is 1. The highest BCUT2D eigenvalue weighted by molar-refractivity contribution is 8.00. The Hall–Kier alpha value is -2.39. The molecule has 0 bridgehead atoms. The van der Waals surface area contributed by atoms with Crippen molar-refractivity contribution in [1.29, 1.82) is 0 Å². The molecule has 0 aliphatic carbocycles. The van der Waals surface area contributed by atoms with E-state index in [0.29, 0.717) is 25.6 Å². The standard InChI is InChI=1S/C27H35F3N4OS/c1-20-2-4-21(5-3-20)31-23-10-15-33(16-11-23)17-14-26(35)34-18-12-24(13-19-34)32-22-6-8-25(9-7-22)36-27(28,29)30/h2-9,23-24,31-32H,10-19H2,1H3. The van der Waals surface area contributed by atoms with Gasteiger partial charge < -0.3 is 20.4 Å². The Bertz CT molecular complexity index is 968. The summed E-state index contributed by atoms with van der Waals surface area (Å²) < 4.78 is 37.5. The summed E-state index contributed by atoms with van der Waals surface area (Å²) in [6.07, 6.45) is 4.37. The van der Waals surface area contributed by atoms with Crippen LogP contribution in [-0.4, -0.2) is 66.0 Å². The van der Waals surface area contributed by atoms with Crippen LogP contribution in [0.5, 0.6) is 0 Å². The molecule has 196 valence electrons. The van der Waals surface area contributed by atoms with E-state index in [1.807, 2.05) is 4.90 Å². The van der Waals surface area contributed by atoms with Crippen molar-refractivity contribution in [2.45, 2.75) is 61.5 Å². The molecule has 9 heteroatoms. The lowest BCUT2D eigenvalue weighted by molar-refractivity contribution is -0.132. The molecule has 0 atom stereocenters. The van der Waals surface area contributed by atoms with Gasteiger partial charge in [0.05, 0.1) is 0 Å². The van der Waals surface area contributed by atoms with Crippen molar-refractivity contribution in [2.24, 2.45) is 0 Å². The molecule has 2 heterocycles. The first kappa shape index (κ1) is 26.7. The maximum atomic E-state index is 12.8. The van der Waals surface area contributed by atoms with Crippen LogP contribution in [0.15, 0.2) is 53.4 Å². The third-order valence-corrected chi connectivity index (χ3v) is 7.70. The van der Waals surface area contributed by atoms with Crippen LogP contribution in [0.2, 0.25) is 0 Å². The van der Waals surface area contributed by atoms with Crippen LogP contribution in [0.4, 0.5) is 24.5 Å². The van der Waals surface area contributed by atoms with E-state index in [-0.39, 0.29) is 28.6 Å². The van der Waals surface area contributed by atoms with Gasteiger partial charge in [0.1, 0.15) is 0 Å². The molecule has 4 rings (SSSR count). The van der Waals surface area contributed by atoms with Gasteiger partial charge in [-0.15, -0.1) is 0 Å². The van der Waals surface area contributed by atoms with Crippen molar-refractivity contribution >= 4 is 29.0 Å². The van der Waals surface area contributed by atoms with E-state index in [2.05, 4.69) is 46.7 Å². The Kier molecular flexibility index (Phi) is 9.06. The number of carbonyl (C=O) groups excluding carboxylic acids is 1. The molecule has 0 spiro atoms. The first-order valence-corrected chi connectivity index (χ1v) is 13.5. The third kappa shape index (κ3) is 8.34. The van der Waals surface area contributed by atoms with Crippen LogP contribution < -0.4 is 10.6 Å². The lowest BCUT2D eigenvalue weighted by Crippen LogP contribution is -2.44. The molecule has 2 saturated heterocycles. The number of alkyl halides is 3. The molecule has 0 unspecified atom stereocenters. The molecule has 2 fully saturated rings. The van der Waals surface area contributed by atoms with Gasteiger partial charge in [-0.25, -0.2) is 0 Å². The van der Waals surface area contributed by atoms with Crippen molar-refractivity contribution < 1.29 is 18.0 Å². The number of likely N-dealkylation sites (tertiary alicyclic amines) is 2. The van der Waals surface area contributed by atoms with Gasteiger partial charge in [-0.2, -0.15) is 13.2 Å². The SMILES string of the molecule is Cc1ccc(NC2CCN(CCC(=O)N3CCC(Nc4ccc(SC(F)(F)F)cc4)CC3)CC2)cc1. The number of thioether (sulfide) groups is 1. The smallest absolute Gasteiger partial charge is 0.382 e. The van der Waals surface area contributed by atoms with E-state index in [1.165, 1.54) is 23.4 Å². The molecule has 5 nitrogen and oxygen atoms in total. The molecular weight excluding hydrogens is 485 g/mol. The van der Waals surface area contributed by atoms with E-state index in [9.17, 15) is 18.0 Å². The van der Waals surface area contributed by atoms with Crippen molar-refractivity contribution in [3.63, 3.8) is 0 Å². The molecule has 2 aromatic carbocycles. The average molecular weight is 521 g/mol. The highest BCUT2D eigenvalue weighted by atomic mass is 32.2. The minimum atomic E-state index is -4.27. The van der Waals surface area contributed by atoms with Crippen molar-refractivity contribution in [2.75, 3.05) is 43.4 Å². The zero-order chi connectivity index (χ0) is 25.5. The number of rotatable bonds is 8. The Morgan fingerprint density at radius 1 is 0.861 bits per heavy atom. The summed E-state index contributed by atoms with van der Waals surface area (Å²) in [5.41, 5.74) is -1.03. The molecule has 2 aliphatic rings. The summed E-state index contributed by atoms with van der Waals surface area (Å²) in [7, 11) is 0. The van der Waals surface area contributed by atoms with Crippen LogP contribution >= 0.6 is 11.8 Å². The third-order valence-electron chi connectivity index (χ3n) is 6.96. The second kappa shape index (κ2) is 12.2. The van der Waals surface area contributed by atoms with E-state index < -0.39 is 5.51 Å².